The minimum atomic E-state index is -0.862. The van der Waals surface area contributed by atoms with Crippen LogP contribution >= 0.6 is 0 Å². The molecule has 7 nitrogen and oxygen atoms in total. The number of aliphatic carboxylic acids is 1. The lowest BCUT2D eigenvalue weighted by Crippen LogP contribution is -2.43. The third-order valence-corrected chi connectivity index (χ3v) is 3.49. The summed E-state index contributed by atoms with van der Waals surface area (Å²) in [6, 6.07) is 3.15. The fraction of sp³-hybridized carbons (Fsp3) is 0.500. The Hall–Kier alpha value is -2.31. The van der Waals surface area contributed by atoms with Crippen LogP contribution in [0.15, 0.2) is 22.8 Å². The second-order valence-electron chi connectivity index (χ2n) is 5.00. The lowest BCUT2D eigenvalue weighted by atomic mass is 9.98. The van der Waals surface area contributed by atoms with Crippen LogP contribution in [0, 0.1) is 5.92 Å². The summed E-state index contributed by atoms with van der Waals surface area (Å²) < 4.78 is 4.94. The number of carbonyl (C=O) groups is 3. The quantitative estimate of drug-likeness (QED) is 0.833. The molecular weight excluding hydrogens is 276 g/mol. The van der Waals surface area contributed by atoms with Crippen molar-refractivity contribution in [1.29, 1.82) is 0 Å². The van der Waals surface area contributed by atoms with E-state index >= 15 is 0 Å². The van der Waals surface area contributed by atoms with Crippen LogP contribution in [-0.4, -0.2) is 47.4 Å². The number of nitrogens with one attached hydrogen (secondary N) is 1. The lowest BCUT2D eigenvalue weighted by molar-refractivity contribution is -0.145. The summed E-state index contributed by atoms with van der Waals surface area (Å²) in [6.45, 7) is 1.03. The summed E-state index contributed by atoms with van der Waals surface area (Å²) in [5.41, 5.74) is 0. The van der Waals surface area contributed by atoms with Crippen molar-refractivity contribution >= 4 is 17.8 Å². The van der Waals surface area contributed by atoms with E-state index in [0.29, 0.717) is 19.4 Å². The molecule has 21 heavy (non-hydrogen) atoms. The molecule has 2 amide bonds. The first-order valence-corrected chi connectivity index (χ1v) is 6.90. The molecule has 7 heteroatoms. The van der Waals surface area contributed by atoms with Gasteiger partial charge in [-0.15, -0.1) is 0 Å². The average Bonchev–Trinajstić information content (AvgIpc) is 3.01. The van der Waals surface area contributed by atoms with Crippen molar-refractivity contribution in [2.24, 2.45) is 5.92 Å². The highest BCUT2D eigenvalue weighted by molar-refractivity contribution is 5.91. The number of amides is 2. The van der Waals surface area contributed by atoms with Crippen molar-refractivity contribution in [2.75, 3.05) is 19.6 Å². The maximum Gasteiger partial charge on any atom is 0.308 e. The van der Waals surface area contributed by atoms with Gasteiger partial charge in [-0.25, -0.2) is 0 Å². The van der Waals surface area contributed by atoms with Crippen molar-refractivity contribution in [1.82, 2.24) is 10.2 Å². The highest BCUT2D eigenvalue weighted by Gasteiger charge is 2.27. The van der Waals surface area contributed by atoms with Gasteiger partial charge in [0.2, 0.25) is 5.91 Å². The van der Waals surface area contributed by atoms with Crippen LogP contribution in [0.2, 0.25) is 0 Å². The number of nitrogens with zero attached hydrogens (tertiary/aromatic N) is 1. The standard InChI is InChI=1S/C14H18N2O5/c17-12(16-7-1-3-10(9-16)14(19)20)5-6-15-13(18)11-4-2-8-21-11/h2,4,8,10H,1,3,5-7,9H2,(H,15,18)(H,19,20)/t10-/m1/s1. The van der Waals surface area contributed by atoms with Gasteiger partial charge >= 0.3 is 5.97 Å². The van der Waals surface area contributed by atoms with E-state index in [9.17, 15) is 14.4 Å². The first-order chi connectivity index (χ1) is 10.1. The van der Waals surface area contributed by atoms with Crippen LogP contribution in [-0.2, 0) is 9.59 Å². The molecule has 0 saturated carbocycles. The normalized spacial score (nSPS) is 18.3. The first-order valence-electron chi connectivity index (χ1n) is 6.90. The minimum absolute atomic E-state index is 0.138. The summed E-state index contributed by atoms with van der Waals surface area (Å²) in [5, 5.41) is 11.6. The number of carboxylic acids is 1. The van der Waals surface area contributed by atoms with Crippen molar-refractivity contribution in [3.8, 4) is 0 Å². The van der Waals surface area contributed by atoms with Gasteiger partial charge in [-0.1, -0.05) is 0 Å². The second-order valence-corrected chi connectivity index (χ2v) is 5.00. The third kappa shape index (κ3) is 4.08. The Labute approximate surface area is 121 Å². The van der Waals surface area contributed by atoms with Gasteiger partial charge in [0.05, 0.1) is 12.2 Å². The van der Waals surface area contributed by atoms with Gasteiger partial charge in [-0.2, -0.15) is 0 Å². The number of rotatable bonds is 5. The highest BCUT2D eigenvalue weighted by atomic mass is 16.4. The minimum Gasteiger partial charge on any atom is -0.481 e. The van der Waals surface area contributed by atoms with Crippen molar-refractivity contribution in [3.05, 3.63) is 24.2 Å². The number of carboxylic acid groups (broad SMARTS) is 1. The fourth-order valence-electron chi connectivity index (χ4n) is 2.34. The van der Waals surface area contributed by atoms with Crippen molar-refractivity contribution < 1.29 is 23.9 Å². The maximum absolute atomic E-state index is 12.0. The van der Waals surface area contributed by atoms with E-state index < -0.39 is 11.9 Å². The number of hydrogen-bond acceptors (Lipinski definition) is 4. The van der Waals surface area contributed by atoms with Crippen molar-refractivity contribution in [3.63, 3.8) is 0 Å². The largest absolute Gasteiger partial charge is 0.481 e. The SMILES string of the molecule is O=C(NCCC(=O)N1CCC[C@@H](C(=O)O)C1)c1ccco1. The summed E-state index contributed by atoms with van der Waals surface area (Å²) in [6.07, 6.45) is 2.86. The van der Waals surface area contributed by atoms with Gasteiger partial charge < -0.3 is 19.7 Å². The van der Waals surface area contributed by atoms with E-state index in [1.807, 2.05) is 0 Å². The van der Waals surface area contributed by atoms with E-state index in [4.69, 9.17) is 9.52 Å². The molecule has 0 aromatic carbocycles. The van der Waals surface area contributed by atoms with Crippen molar-refractivity contribution in [2.45, 2.75) is 19.3 Å². The molecule has 2 rings (SSSR count). The zero-order valence-corrected chi connectivity index (χ0v) is 11.6. The molecule has 0 bridgehead atoms. The van der Waals surface area contributed by atoms with Gasteiger partial charge in [-0.05, 0) is 25.0 Å². The zero-order valence-electron chi connectivity index (χ0n) is 11.6. The Bertz CT molecular complexity index is 511. The van der Waals surface area contributed by atoms with Crippen LogP contribution < -0.4 is 5.32 Å². The van der Waals surface area contributed by atoms with E-state index in [1.165, 1.54) is 6.26 Å². The molecule has 0 aliphatic carbocycles. The molecule has 1 aromatic rings. The van der Waals surface area contributed by atoms with Crippen LogP contribution in [0.1, 0.15) is 29.8 Å². The number of hydrogen-bond donors (Lipinski definition) is 2. The van der Waals surface area contributed by atoms with Crippen LogP contribution in [0.3, 0.4) is 0 Å². The van der Waals surface area contributed by atoms with Gasteiger partial charge in [0.15, 0.2) is 5.76 Å². The Kier molecular flexibility index (Phi) is 4.97. The molecule has 1 atom stereocenters. The molecule has 1 aliphatic rings. The summed E-state index contributed by atoms with van der Waals surface area (Å²) in [4.78, 5) is 36.1. The third-order valence-electron chi connectivity index (χ3n) is 3.49. The second kappa shape index (κ2) is 6.92. The topological polar surface area (TPSA) is 99.9 Å². The van der Waals surface area contributed by atoms with Crippen LogP contribution in [0.25, 0.3) is 0 Å². The summed E-state index contributed by atoms with van der Waals surface area (Å²) in [5.74, 6) is -1.65. The number of carbonyl (C=O) groups excluding carboxylic acids is 2. The predicted molar refractivity (Wildman–Crippen MR) is 72.6 cm³/mol. The maximum atomic E-state index is 12.0. The smallest absolute Gasteiger partial charge is 0.308 e. The number of piperidine rings is 1. The predicted octanol–water partition coefficient (Wildman–Crippen LogP) is 0.723. The molecule has 2 N–H and O–H groups in total. The van der Waals surface area contributed by atoms with E-state index in [2.05, 4.69) is 5.32 Å². The molecular formula is C14H18N2O5. The Morgan fingerprint density at radius 3 is 2.90 bits per heavy atom. The monoisotopic (exact) mass is 294 g/mol. The highest BCUT2D eigenvalue weighted by Crippen LogP contribution is 2.17. The zero-order chi connectivity index (χ0) is 15.2. The first kappa shape index (κ1) is 15.1. The molecule has 1 fully saturated rings. The van der Waals surface area contributed by atoms with Gasteiger partial charge in [0, 0.05) is 26.1 Å². The summed E-state index contributed by atoms with van der Waals surface area (Å²) in [7, 11) is 0. The molecule has 1 saturated heterocycles. The van der Waals surface area contributed by atoms with Gasteiger partial charge in [0.25, 0.3) is 5.91 Å². The molecule has 0 spiro atoms. The van der Waals surface area contributed by atoms with Crippen LogP contribution in [0.5, 0.6) is 0 Å². The average molecular weight is 294 g/mol. The molecule has 1 aromatic heterocycles. The molecule has 114 valence electrons. The lowest BCUT2D eigenvalue weighted by Gasteiger charge is -2.30. The number of likely N-dealkylation sites (tertiary alicyclic amines) is 1. The Morgan fingerprint density at radius 2 is 2.24 bits per heavy atom. The number of furan rings is 1. The van der Waals surface area contributed by atoms with E-state index in [-0.39, 0.29) is 37.1 Å². The Balaban J connectivity index is 1.74. The van der Waals surface area contributed by atoms with E-state index in [1.54, 1.807) is 17.0 Å². The summed E-state index contributed by atoms with van der Waals surface area (Å²) >= 11 is 0. The molecule has 1 aliphatic heterocycles. The Morgan fingerprint density at radius 1 is 1.43 bits per heavy atom. The van der Waals surface area contributed by atoms with Gasteiger partial charge in [0.1, 0.15) is 0 Å². The molecule has 0 unspecified atom stereocenters. The van der Waals surface area contributed by atoms with Crippen LogP contribution in [0.4, 0.5) is 0 Å². The molecule has 0 radical (unpaired) electrons. The van der Waals surface area contributed by atoms with Gasteiger partial charge in [-0.3, -0.25) is 14.4 Å². The fourth-order valence-corrected chi connectivity index (χ4v) is 2.34. The molecule has 2 heterocycles. The van der Waals surface area contributed by atoms with E-state index in [0.717, 1.165) is 0 Å².